The molecule has 6 heteroatoms. The van der Waals surface area contributed by atoms with Crippen LogP contribution in [0.25, 0.3) is 15.3 Å². The fourth-order valence-electron chi connectivity index (χ4n) is 3.08. The van der Waals surface area contributed by atoms with Crippen LogP contribution in [0, 0.1) is 0 Å². The van der Waals surface area contributed by atoms with Crippen LogP contribution in [0.2, 0.25) is 0 Å². The second kappa shape index (κ2) is 7.94. The van der Waals surface area contributed by atoms with E-state index in [0.717, 1.165) is 27.5 Å². The van der Waals surface area contributed by atoms with Gasteiger partial charge in [0.25, 0.3) is 5.91 Å². The number of hydrogen-bond acceptors (Lipinski definition) is 4. The highest BCUT2D eigenvalue weighted by Gasteiger charge is 2.19. The fraction of sp³-hybridized carbons (Fsp3) is 0.227. The summed E-state index contributed by atoms with van der Waals surface area (Å²) < 4.78 is 2.91. The highest BCUT2D eigenvalue weighted by Crippen LogP contribution is 2.27. The first-order chi connectivity index (χ1) is 13.6. The van der Waals surface area contributed by atoms with Crippen LogP contribution in [0.5, 0.6) is 0 Å². The van der Waals surface area contributed by atoms with Crippen LogP contribution >= 0.6 is 11.3 Å². The van der Waals surface area contributed by atoms with Gasteiger partial charge in [-0.05, 0) is 36.1 Å². The molecule has 0 unspecified atom stereocenters. The zero-order valence-corrected chi connectivity index (χ0v) is 16.7. The minimum Gasteiger partial charge on any atom is -0.350 e. The Hall–Kier alpha value is -2.99. The monoisotopic (exact) mass is 390 g/mol. The number of amides is 1. The lowest BCUT2D eigenvalue weighted by atomic mass is 10.1. The summed E-state index contributed by atoms with van der Waals surface area (Å²) in [4.78, 5) is 17.3. The standard InChI is InChI=1S/C22H22N4OS/c1-15(2)19-14-18(21(27)23-13-12-16-8-4-3-5-9-16)25-26(19)22-24-17-10-6-7-11-20(17)28-22/h3-11,14-15H,12-13H2,1-2H3,(H,23,27). The summed E-state index contributed by atoms with van der Waals surface area (Å²) in [6, 6.07) is 20.0. The lowest BCUT2D eigenvalue weighted by molar-refractivity contribution is 0.0948. The maximum Gasteiger partial charge on any atom is 0.271 e. The topological polar surface area (TPSA) is 59.8 Å². The highest BCUT2D eigenvalue weighted by molar-refractivity contribution is 7.20. The number of hydrogen-bond donors (Lipinski definition) is 1. The molecule has 5 nitrogen and oxygen atoms in total. The number of carbonyl (C=O) groups is 1. The number of thiazole rings is 1. The number of para-hydroxylation sites is 1. The van der Waals surface area contributed by atoms with E-state index in [2.05, 4.69) is 41.4 Å². The van der Waals surface area contributed by atoms with Crippen LogP contribution in [-0.4, -0.2) is 27.2 Å². The summed E-state index contributed by atoms with van der Waals surface area (Å²) in [6.45, 7) is 4.77. The molecule has 2 aromatic heterocycles. The Morgan fingerprint density at radius 1 is 1.11 bits per heavy atom. The van der Waals surface area contributed by atoms with E-state index in [0.29, 0.717) is 12.2 Å². The molecule has 0 saturated carbocycles. The van der Waals surface area contributed by atoms with Crippen LogP contribution in [0.15, 0.2) is 60.7 Å². The van der Waals surface area contributed by atoms with Crippen LogP contribution in [-0.2, 0) is 6.42 Å². The summed E-state index contributed by atoms with van der Waals surface area (Å²) in [6.07, 6.45) is 0.794. The molecule has 2 heterocycles. The Labute approximate surface area is 168 Å². The first kappa shape index (κ1) is 18.4. The van der Waals surface area contributed by atoms with Crippen molar-refractivity contribution in [3.8, 4) is 5.13 Å². The zero-order chi connectivity index (χ0) is 19.5. The zero-order valence-electron chi connectivity index (χ0n) is 15.9. The molecule has 2 aromatic carbocycles. The number of fused-ring (bicyclic) bond motifs is 1. The van der Waals surface area contributed by atoms with Gasteiger partial charge in [-0.1, -0.05) is 67.6 Å². The first-order valence-corrected chi connectivity index (χ1v) is 10.2. The highest BCUT2D eigenvalue weighted by atomic mass is 32.1. The molecular formula is C22H22N4OS. The molecule has 0 fully saturated rings. The summed E-state index contributed by atoms with van der Waals surface area (Å²) in [7, 11) is 0. The Morgan fingerprint density at radius 3 is 2.61 bits per heavy atom. The van der Waals surface area contributed by atoms with Crippen molar-refractivity contribution in [2.45, 2.75) is 26.2 Å². The molecule has 4 rings (SSSR count). The minimum atomic E-state index is -0.155. The van der Waals surface area contributed by atoms with Gasteiger partial charge in [0.2, 0.25) is 5.13 Å². The fourth-order valence-corrected chi connectivity index (χ4v) is 4.02. The van der Waals surface area contributed by atoms with Gasteiger partial charge < -0.3 is 5.32 Å². The Bertz CT molecular complexity index is 1070. The Balaban J connectivity index is 1.55. The van der Waals surface area contributed by atoms with Gasteiger partial charge in [-0.3, -0.25) is 4.79 Å². The molecule has 0 atom stereocenters. The van der Waals surface area contributed by atoms with Gasteiger partial charge in [-0.25, -0.2) is 9.67 Å². The van der Waals surface area contributed by atoms with E-state index in [1.807, 2.05) is 48.5 Å². The molecule has 1 N–H and O–H groups in total. The smallest absolute Gasteiger partial charge is 0.271 e. The van der Waals surface area contributed by atoms with Gasteiger partial charge in [0.05, 0.1) is 15.9 Å². The molecule has 4 aromatic rings. The largest absolute Gasteiger partial charge is 0.350 e. The van der Waals surface area contributed by atoms with E-state index in [1.165, 1.54) is 5.56 Å². The van der Waals surface area contributed by atoms with Crippen LogP contribution in [0.4, 0.5) is 0 Å². The first-order valence-electron chi connectivity index (χ1n) is 9.40. The van der Waals surface area contributed by atoms with Gasteiger partial charge in [-0.15, -0.1) is 0 Å². The molecule has 0 aliphatic heterocycles. The summed E-state index contributed by atoms with van der Waals surface area (Å²) in [5.74, 6) is 0.0723. The average molecular weight is 391 g/mol. The predicted molar refractivity (Wildman–Crippen MR) is 113 cm³/mol. The Morgan fingerprint density at radius 2 is 1.86 bits per heavy atom. The SMILES string of the molecule is CC(C)c1cc(C(=O)NCCc2ccccc2)nn1-c1nc2ccccc2s1. The molecule has 0 aliphatic carbocycles. The van der Waals surface area contributed by atoms with E-state index in [-0.39, 0.29) is 11.8 Å². The molecule has 1 amide bonds. The van der Waals surface area contributed by atoms with Crippen LogP contribution in [0.1, 0.15) is 41.5 Å². The molecule has 0 aliphatic rings. The number of nitrogens with zero attached hydrogens (tertiary/aromatic N) is 3. The third kappa shape index (κ3) is 3.82. The molecule has 142 valence electrons. The predicted octanol–water partition coefficient (Wildman–Crippen LogP) is 4.58. The lowest BCUT2D eigenvalue weighted by Gasteiger charge is -2.05. The quantitative estimate of drug-likeness (QED) is 0.524. The van der Waals surface area contributed by atoms with E-state index < -0.39 is 0 Å². The van der Waals surface area contributed by atoms with Gasteiger partial charge in [0, 0.05) is 6.54 Å². The van der Waals surface area contributed by atoms with E-state index in [9.17, 15) is 4.79 Å². The number of benzene rings is 2. The molecule has 0 saturated heterocycles. The maximum absolute atomic E-state index is 12.6. The van der Waals surface area contributed by atoms with Crippen molar-refractivity contribution in [2.24, 2.45) is 0 Å². The minimum absolute atomic E-state index is 0.155. The van der Waals surface area contributed by atoms with Gasteiger partial charge in [0.1, 0.15) is 0 Å². The van der Waals surface area contributed by atoms with Gasteiger partial charge in [-0.2, -0.15) is 5.10 Å². The number of nitrogens with one attached hydrogen (secondary N) is 1. The van der Waals surface area contributed by atoms with Gasteiger partial charge >= 0.3 is 0 Å². The van der Waals surface area contributed by atoms with Crippen molar-refractivity contribution in [1.29, 1.82) is 0 Å². The van der Waals surface area contributed by atoms with Crippen molar-refractivity contribution in [3.05, 3.63) is 77.6 Å². The Kier molecular flexibility index (Phi) is 5.21. The van der Waals surface area contributed by atoms with Crippen LogP contribution < -0.4 is 5.32 Å². The van der Waals surface area contributed by atoms with Crippen molar-refractivity contribution in [1.82, 2.24) is 20.1 Å². The van der Waals surface area contributed by atoms with Crippen LogP contribution in [0.3, 0.4) is 0 Å². The molecule has 28 heavy (non-hydrogen) atoms. The third-order valence-electron chi connectivity index (χ3n) is 4.57. The summed E-state index contributed by atoms with van der Waals surface area (Å²) >= 11 is 1.58. The molecule has 0 spiro atoms. The van der Waals surface area contributed by atoms with Crippen molar-refractivity contribution in [3.63, 3.8) is 0 Å². The van der Waals surface area contributed by atoms with Crippen molar-refractivity contribution >= 4 is 27.5 Å². The number of rotatable bonds is 6. The van der Waals surface area contributed by atoms with Gasteiger partial charge in [0.15, 0.2) is 5.69 Å². The molecule has 0 radical (unpaired) electrons. The molecular weight excluding hydrogens is 368 g/mol. The lowest BCUT2D eigenvalue weighted by Crippen LogP contribution is -2.26. The number of carbonyl (C=O) groups excluding carboxylic acids is 1. The second-order valence-corrected chi connectivity index (χ2v) is 7.99. The average Bonchev–Trinajstić information content (AvgIpc) is 3.33. The summed E-state index contributed by atoms with van der Waals surface area (Å²) in [5.41, 5.74) is 3.55. The number of aromatic nitrogens is 3. The van der Waals surface area contributed by atoms with E-state index >= 15 is 0 Å². The third-order valence-corrected chi connectivity index (χ3v) is 5.58. The van der Waals surface area contributed by atoms with E-state index in [4.69, 9.17) is 0 Å². The van der Waals surface area contributed by atoms with Crippen molar-refractivity contribution < 1.29 is 4.79 Å². The molecule has 0 bridgehead atoms. The second-order valence-electron chi connectivity index (χ2n) is 6.98. The normalized spacial score (nSPS) is 11.2. The summed E-state index contributed by atoms with van der Waals surface area (Å²) in [5, 5.41) is 8.33. The maximum atomic E-state index is 12.6. The van der Waals surface area contributed by atoms with E-state index in [1.54, 1.807) is 16.0 Å². The van der Waals surface area contributed by atoms with Crippen molar-refractivity contribution in [2.75, 3.05) is 6.54 Å².